The number of ether oxygens (including phenoxy) is 3. The van der Waals surface area contributed by atoms with Gasteiger partial charge in [-0.25, -0.2) is 9.36 Å². The average molecular weight is 697 g/mol. The minimum atomic E-state index is -4.49. The maximum atomic E-state index is 13.2. The monoisotopic (exact) mass is 696 g/mol. The van der Waals surface area contributed by atoms with Crippen molar-refractivity contribution in [1.29, 1.82) is 0 Å². The molecule has 49 heavy (non-hydrogen) atoms. The molecule has 258 valence electrons. The molecule has 4 aromatic rings. The Bertz CT molecular complexity index is 2020. The number of tetrazole rings is 1. The van der Waals surface area contributed by atoms with Crippen LogP contribution in [-0.4, -0.2) is 75.8 Å². The summed E-state index contributed by atoms with van der Waals surface area (Å²) in [4.78, 5) is 54.5. The van der Waals surface area contributed by atoms with E-state index in [1.165, 1.54) is 55.0 Å². The number of carbonyl (C=O) groups excluding carboxylic acids is 3. The van der Waals surface area contributed by atoms with Crippen LogP contribution in [0.2, 0.25) is 0 Å². The topological polar surface area (TPSA) is 220 Å². The van der Waals surface area contributed by atoms with Crippen LogP contribution >= 0.6 is 7.82 Å². The fraction of sp³-hybridized carbons (Fsp3) is 0.300. The van der Waals surface area contributed by atoms with Gasteiger partial charge in [-0.15, -0.1) is 10.2 Å². The van der Waals surface area contributed by atoms with Gasteiger partial charge in [-0.1, -0.05) is 6.07 Å². The van der Waals surface area contributed by atoms with Crippen LogP contribution in [0, 0.1) is 5.92 Å². The second-order valence-electron chi connectivity index (χ2n) is 10.5. The number of methoxy groups -OCH3 is 2. The van der Waals surface area contributed by atoms with Crippen LogP contribution in [0.25, 0.3) is 11.4 Å². The number of nitrogens with zero attached hydrogens (tertiary/aromatic N) is 6. The molecule has 1 aliphatic rings. The number of rotatable bonds is 13. The standard InChI is InChI=1S/C30H33N8O10P/c1-31-29(40)20-15-38(16-47-30(41)18-11-12-23(44-3)24(13-18)48-49(42,43)46-5)25(33-28(39)17-9-10-17)14-22(20)32-21-8-6-7-19(26(21)45-4)27-34-36-37(2)35-27/h6-8,11-15,17,32H,9-10,16H2,1-5H3,(H,31,40)(H,42,43)/b33-25+. The zero-order chi connectivity index (χ0) is 35.3. The molecule has 2 amide bonds. The highest BCUT2D eigenvalue weighted by Crippen LogP contribution is 2.46. The summed E-state index contributed by atoms with van der Waals surface area (Å²) in [6.07, 6.45) is 2.78. The summed E-state index contributed by atoms with van der Waals surface area (Å²) in [5.74, 6) is -1.47. The van der Waals surface area contributed by atoms with Crippen LogP contribution in [0.15, 0.2) is 53.7 Å². The summed E-state index contributed by atoms with van der Waals surface area (Å²) < 4.78 is 39.2. The Morgan fingerprint density at radius 2 is 1.84 bits per heavy atom. The largest absolute Gasteiger partial charge is 0.527 e. The highest BCUT2D eigenvalue weighted by molar-refractivity contribution is 7.47. The zero-order valence-electron chi connectivity index (χ0n) is 27.1. The number of aryl methyl sites for hydroxylation is 1. The van der Waals surface area contributed by atoms with E-state index in [0.29, 0.717) is 35.7 Å². The molecule has 3 N–H and O–H groups in total. The van der Waals surface area contributed by atoms with E-state index in [9.17, 15) is 23.8 Å². The molecule has 1 unspecified atom stereocenters. The first kappa shape index (κ1) is 34.7. The normalized spacial score (nSPS) is 14.0. The highest BCUT2D eigenvalue weighted by atomic mass is 31.2. The molecular weight excluding hydrogens is 663 g/mol. The number of esters is 1. The number of benzene rings is 2. The van der Waals surface area contributed by atoms with Crippen LogP contribution in [0.5, 0.6) is 17.2 Å². The third-order valence-corrected chi connectivity index (χ3v) is 8.07. The van der Waals surface area contributed by atoms with Crippen molar-refractivity contribution in [3.05, 3.63) is 65.3 Å². The van der Waals surface area contributed by atoms with Gasteiger partial charge in [0.2, 0.25) is 5.82 Å². The maximum Gasteiger partial charge on any atom is 0.527 e. The lowest BCUT2D eigenvalue weighted by molar-refractivity contribution is -0.119. The molecule has 18 nitrogen and oxygen atoms in total. The molecule has 0 saturated heterocycles. The van der Waals surface area contributed by atoms with Gasteiger partial charge in [-0.3, -0.25) is 23.6 Å². The summed E-state index contributed by atoms with van der Waals surface area (Å²) in [5, 5.41) is 18.0. The predicted molar refractivity (Wildman–Crippen MR) is 171 cm³/mol. The number of carbonyl (C=O) groups is 3. The number of hydrogen-bond donors (Lipinski definition) is 3. The van der Waals surface area contributed by atoms with Gasteiger partial charge >= 0.3 is 13.8 Å². The van der Waals surface area contributed by atoms with Crippen molar-refractivity contribution in [3.63, 3.8) is 0 Å². The molecule has 19 heteroatoms. The van der Waals surface area contributed by atoms with Gasteiger partial charge in [0.05, 0.1) is 49.3 Å². The Morgan fingerprint density at radius 3 is 2.47 bits per heavy atom. The molecule has 0 radical (unpaired) electrons. The van der Waals surface area contributed by atoms with Crippen molar-refractivity contribution in [2.24, 2.45) is 18.0 Å². The molecule has 2 aromatic carbocycles. The SMILES string of the molecule is CNC(=O)c1cn(COC(=O)c2ccc(OC)c(OP(=O)(O)OC)c2)/c(=N/C(=O)C2CC2)cc1Nc1cccc(-c2nnn(C)n2)c1OC. The lowest BCUT2D eigenvalue weighted by Crippen LogP contribution is -2.29. The summed E-state index contributed by atoms with van der Waals surface area (Å²) in [7, 11) is 2.36. The van der Waals surface area contributed by atoms with E-state index in [2.05, 4.69) is 35.6 Å². The van der Waals surface area contributed by atoms with Gasteiger partial charge < -0.3 is 29.4 Å². The molecule has 0 spiro atoms. The summed E-state index contributed by atoms with van der Waals surface area (Å²) >= 11 is 0. The Hall–Kier alpha value is -5.58. The number of amides is 2. The van der Waals surface area contributed by atoms with Gasteiger partial charge in [-0.2, -0.15) is 9.79 Å². The average Bonchev–Trinajstić information content (AvgIpc) is 3.87. The Kier molecular flexibility index (Phi) is 10.4. The van der Waals surface area contributed by atoms with Crippen molar-refractivity contribution in [1.82, 2.24) is 30.1 Å². The predicted octanol–water partition coefficient (Wildman–Crippen LogP) is 2.58. The van der Waals surface area contributed by atoms with E-state index in [-0.39, 0.29) is 45.6 Å². The van der Waals surface area contributed by atoms with Crippen LogP contribution in [0.1, 0.15) is 33.6 Å². The Morgan fingerprint density at radius 1 is 1.06 bits per heavy atom. The zero-order valence-corrected chi connectivity index (χ0v) is 28.0. The second-order valence-corrected chi connectivity index (χ2v) is 12.0. The number of nitrogens with one attached hydrogen (secondary N) is 2. The molecule has 2 heterocycles. The van der Waals surface area contributed by atoms with Crippen LogP contribution in [0.3, 0.4) is 0 Å². The van der Waals surface area contributed by atoms with Crippen molar-refractivity contribution in [3.8, 4) is 28.6 Å². The minimum absolute atomic E-state index is 0.0605. The van der Waals surface area contributed by atoms with E-state index in [1.807, 2.05) is 0 Å². The molecule has 2 aromatic heterocycles. The summed E-state index contributed by atoms with van der Waals surface area (Å²) in [6.45, 7) is -0.476. The Labute approximate surface area is 279 Å². The lowest BCUT2D eigenvalue weighted by atomic mass is 10.1. The second kappa shape index (κ2) is 14.7. The quantitative estimate of drug-likeness (QED) is 0.135. The smallest absolute Gasteiger partial charge is 0.494 e. The number of pyridine rings is 1. The number of para-hydroxylation sites is 1. The molecular formula is C30H33N8O10P. The van der Waals surface area contributed by atoms with Crippen LogP contribution in [-0.2, 0) is 32.4 Å². The third kappa shape index (κ3) is 8.11. The van der Waals surface area contributed by atoms with Gasteiger partial charge in [0, 0.05) is 32.3 Å². The molecule has 1 atom stereocenters. The van der Waals surface area contributed by atoms with E-state index in [0.717, 1.165) is 13.2 Å². The fourth-order valence-electron chi connectivity index (χ4n) is 4.55. The molecule has 1 aliphatic carbocycles. The maximum absolute atomic E-state index is 13.2. The van der Waals surface area contributed by atoms with E-state index >= 15 is 0 Å². The number of phosphoric ester groups is 1. The van der Waals surface area contributed by atoms with Crippen LogP contribution < -0.4 is 30.1 Å². The molecule has 1 saturated carbocycles. The number of aromatic nitrogens is 5. The molecule has 1 fully saturated rings. The van der Waals surface area contributed by atoms with E-state index < -0.39 is 26.4 Å². The first-order valence-electron chi connectivity index (χ1n) is 14.6. The van der Waals surface area contributed by atoms with E-state index in [1.54, 1.807) is 25.2 Å². The molecule has 0 aliphatic heterocycles. The van der Waals surface area contributed by atoms with Crippen molar-refractivity contribution < 1.29 is 47.1 Å². The first-order valence-corrected chi connectivity index (χ1v) is 16.1. The third-order valence-electron chi connectivity index (χ3n) is 7.18. The van der Waals surface area contributed by atoms with Crippen LogP contribution in [0.4, 0.5) is 11.4 Å². The van der Waals surface area contributed by atoms with Crippen molar-refractivity contribution in [2.75, 3.05) is 33.7 Å². The van der Waals surface area contributed by atoms with Gasteiger partial charge in [0.25, 0.3) is 11.8 Å². The first-order chi connectivity index (χ1) is 23.5. The van der Waals surface area contributed by atoms with Crippen molar-refractivity contribution in [2.45, 2.75) is 19.6 Å². The van der Waals surface area contributed by atoms with E-state index in [4.69, 9.17) is 18.7 Å². The Balaban J connectivity index is 1.51. The molecule has 5 rings (SSSR count). The number of hydrogen-bond acceptors (Lipinski definition) is 13. The van der Waals surface area contributed by atoms with Gasteiger partial charge in [0.15, 0.2) is 24.0 Å². The summed E-state index contributed by atoms with van der Waals surface area (Å²) in [5.41, 5.74) is 1.37. The number of anilines is 2. The highest BCUT2D eigenvalue weighted by Gasteiger charge is 2.30. The summed E-state index contributed by atoms with van der Waals surface area (Å²) in [6, 6.07) is 10.5. The van der Waals surface area contributed by atoms with Gasteiger partial charge in [-0.05, 0) is 48.4 Å². The fourth-order valence-corrected chi connectivity index (χ4v) is 5.02. The molecule has 0 bridgehead atoms. The van der Waals surface area contributed by atoms with Crippen molar-refractivity contribution >= 4 is 37.0 Å². The minimum Gasteiger partial charge on any atom is -0.494 e. The van der Waals surface area contributed by atoms with Gasteiger partial charge in [0.1, 0.15) is 5.49 Å². The lowest BCUT2D eigenvalue weighted by Gasteiger charge is -2.18. The number of phosphoric acid groups is 1.